The first kappa shape index (κ1) is 22.4. The molecule has 1 aliphatic carbocycles. The van der Waals surface area contributed by atoms with Gasteiger partial charge in [-0.3, -0.25) is 14.5 Å². The summed E-state index contributed by atoms with van der Waals surface area (Å²) in [7, 11) is 0. The number of nitrogens with one attached hydrogen (secondary N) is 1. The minimum Gasteiger partial charge on any atom is -0.357 e. The summed E-state index contributed by atoms with van der Waals surface area (Å²) in [4.78, 5) is 29.0. The first-order valence-electron chi connectivity index (χ1n) is 11.7. The average Bonchev–Trinajstić information content (AvgIpc) is 2.98. The van der Waals surface area contributed by atoms with Crippen molar-refractivity contribution in [1.29, 1.82) is 0 Å². The molecule has 0 saturated heterocycles. The molecule has 5 rings (SSSR count). The number of fused-ring (bicyclic) bond motifs is 1. The van der Waals surface area contributed by atoms with Crippen LogP contribution >= 0.6 is 11.6 Å². The Hall–Kier alpha value is -3.37. The van der Waals surface area contributed by atoms with Gasteiger partial charge in [0.05, 0.1) is 17.4 Å². The van der Waals surface area contributed by atoms with Gasteiger partial charge in [0, 0.05) is 29.1 Å². The van der Waals surface area contributed by atoms with Crippen molar-refractivity contribution in [3.8, 4) is 0 Å². The zero-order chi connectivity index (χ0) is 23.8. The largest absolute Gasteiger partial charge is 0.357 e. The van der Waals surface area contributed by atoms with Crippen molar-refractivity contribution in [2.45, 2.75) is 45.1 Å². The van der Waals surface area contributed by atoms with Crippen LogP contribution in [0, 0.1) is 6.92 Å². The predicted octanol–water partition coefficient (Wildman–Crippen LogP) is 6.96. The summed E-state index contributed by atoms with van der Waals surface area (Å²) in [5.74, 6) is 0.0704. The summed E-state index contributed by atoms with van der Waals surface area (Å²) in [5.41, 5.74) is 6.32. The minimum absolute atomic E-state index is 0.0154. The first-order valence-corrected chi connectivity index (χ1v) is 12.1. The van der Waals surface area contributed by atoms with Crippen LogP contribution in [0.3, 0.4) is 0 Å². The molecule has 0 spiro atoms. The van der Waals surface area contributed by atoms with E-state index < -0.39 is 6.04 Å². The maximum absolute atomic E-state index is 13.8. The van der Waals surface area contributed by atoms with E-state index in [1.807, 2.05) is 91.5 Å². The van der Waals surface area contributed by atoms with Gasteiger partial charge in [0.2, 0.25) is 5.91 Å². The van der Waals surface area contributed by atoms with Gasteiger partial charge in [-0.05, 0) is 54.7 Å². The monoisotopic (exact) mass is 470 g/mol. The van der Waals surface area contributed by atoms with Gasteiger partial charge < -0.3 is 5.32 Å². The molecule has 2 aliphatic rings. The zero-order valence-electron chi connectivity index (χ0n) is 19.3. The van der Waals surface area contributed by atoms with Gasteiger partial charge in [0.1, 0.15) is 0 Å². The number of ketones is 1. The number of carbonyl (C=O) groups is 2. The summed E-state index contributed by atoms with van der Waals surface area (Å²) in [6, 6.07) is 23.2. The van der Waals surface area contributed by atoms with E-state index in [0.29, 0.717) is 29.9 Å². The van der Waals surface area contributed by atoms with Crippen LogP contribution in [0.1, 0.15) is 54.8 Å². The van der Waals surface area contributed by atoms with Crippen molar-refractivity contribution in [2.24, 2.45) is 0 Å². The molecule has 5 heteroatoms. The smallest absolute Gasteiger partial charge is 0.227 e. The van der Waals surface area contributed by atoms with Crippen LogP contribution in [-0.4, -0.2) is 11.7 Å². The van der Waals surface area contributed by atoms with E-state index in [0.717, 1.165) is 33.8 Å². The van der Waals surface area contributed by atoms with Crippen molar-refractivity contribution in [3.05, 3.63) is 106 Å². The van der Waals surface area contributed by atoms with Crippen molar-refractivity contribution >= 4 is 34.7 Å². The van der Waals surface area contributed by atoms with Gasteiger partial charge in [-0.15, -0.1) is 0 Å². The number of aryl methyl sites for hydroxylation is 1. The summed E-state index contributed by atoms with van der Waals surface area (Å²) in [5, 5.41) is 4.23. The van der Waals surface area contributed by atoms with Crippen molar-refractivity contribution < 1.29 is 9.59 Å². The van der Waals surface area contributed by atoms with E-state index >= 15 is 0 Å². The maximum atomic E-state index is 13.8. The van der Waals surface area contributed by atoms with Gasteiger partial charge >= 0.3 is 0 Å². The molecule has 0 radical (unpaired) electrons. The van der Waals surface area contributed by atoms with Crippen LogP contribution in [0.2, 0.25) is 5.02 Å². The average molecular weight is 471 g/mol. The molecular formula is C29H27ClN2O2. The Bertz CT molecular complexity index is 1300. The molecule has 1 heterocycles. The second-order valence-corrected chi connectivity index (χ2v) is 9.48. The fourth-order valence-corrected chi connectivity index (χ4v) is 5.29. The number of anilines is 2. The molecule has 3 aromatic rings. The molecule has 1 amide bonds. The van der Waals surface area contributed by atoms with Gasteiger partial charge in [0.15, 0.2) is 5.78 Å². The Morgan fingerprint density at radius 3 is 2.50 bits per heavy atom. The molecule has 4 nitrogen and oxygen atoms in total. The zero-order valence-corrected chi connectivity index (χ0v) is 20.1. The molecule has 2 unspecified atom stereocenters. The fourth-order valence-electron chi connectivity index (χ4n) is 5.10. The number of para-hydroxylation sites is 2. The number of benzene rings is 3. The highest BCUT2D eigenvalue weighted by Crippen LogP contribution is 2.47. The molecule has 3 aromatic carbocycles. The molecule has 0 saturated carbocycles. The third-order valence-electron chi connectivity index (χ3n) is 6.77. The number of allylic oxidation sites excluding steroid dienone is 1. The van der Waals surface area contributed by atoms with E-state index in [9.17, 15) is 9.59 Å². The number of halogens is 1. The van der Waals surface area contributed by atoms with E-state index in [1.165, 1.54) is 0 Å². The van der Waals surface area contributed by atoms with Crippen LogP contribution in [0.5, 0.6) is 0 Å². The number of Topliss-reactive ketones (excluding diaryl/α,β-unsaturated/α-hetero) is 1. The van der Waals surface area contributed by atoms with Crippen LogP contribution in [-0.2, 0) is 9.59 Å². The lowest BCUT2D eigenvalue weighted by Crippen LogP contribution is -2.38. The molecule has 0 aromatic heterocycles. The van der Waals surface area contributed by atoms with Crippen molar-refractivity contribution in [2.75, 3.05) is 10.2 Å². The highest BCUT2D eigenvalue weighted by atomic mass is 35.5. The number of nitrogens with zero attached hydrogens (tertiary/aromatic N) is 1. The minimum atomic E-state index is -0.480. The highest BCUT2D eigenvalue weighted by Gasteiger charge is 2.41. The van der Waals surface area contributed by atoms with Crippen LogP contribution in [0.25, 0.3) is 0 Å². The third-order valence-corrected chi connectivity index (χ3v) is 7.01. The quantitative estimate of drug-likeness (QED) is 0.450. The van der Waals surface area contributed by atoms with Crippen LogP contribution in [0.4, 0.5) is 11.4 Å². The van der Waals surface area contributed by atoms with Gasteiger partial charge in [-0.1, -0.05) is 72.6 Å². The summed E-state index contributed by atoms with van der Waals surface area (Å²) in [6.07, 6.45) is 1.40. The molecule has 0 fully saturated rings. The summed E-state index contributed by atoms with van der Waals surface area (Å²) >= 11 is 6.26. The van der Waals surface area contributed by atoms with E-state index in [1.54, 1.807) is 0 Å². The molecule has 34 heavy (non-hydrogen) atoms. The molecular weight excluding hydrogens is 444 g/mol. The second-order valence-electron chi connectivity index (χ2n) is 9.05. The molecule has 172 valence electrons. The lowest BCUT2D eigenvalue weighted by molar-refractivity contribution is -0.119. The standard InChI is InChI=1S/C29H27ClN2O2/c1-3-27(34)32-25-10-5-4-9-23(25)31-24-16-21(20-7-6-8-22(30)15-20)17-26(33)28(24)29(32)19-13-11-18(2)12-14-19/h4-15,21,29,31H,3,16-17H2,1-2H3. The van der Waals surface area contributed by atoms with E-state index in [4.69, 9.17) is 11.6 Å². The van der Waals surface area contributed by atoms with E-state index in [-0.39, 0.29) is 17.6 Å². The number of amides is 1. The Labute approximate surface area is 205 Å². The SMILES string of the molecule is CCC(=O)N1c2ccccc2NC2=C(C(=O)CC(c3cccc(Cl)c3)C2)C1c1ccc(C)cc1. The Balaban J connectivity index is 1.70. The van der Waals surface area contributed by atoms with Crippen LogP contribution < -0.4 is 10.2 Å². The van der Waals surface area contributed by atoms with Crippen molar-refractivity contribution in [1.82, 2.24) is 0 Å². The maximum Gasteiger partial charge on any atom is 0.227 e. The van der Waals surface area contributed by atoms with Gasteiger partial charge in [0.25, 0.3) is 0 Å². The lowest BCUT2D eigenvalue weighted by Gasteiger charge is -2.35. The fraction of sp³-hybridized carbons (Fsp3) is 0.241. The normalized spacial score (nSPS) is 19.7. The Kier molecular flexibility index (Phi) is 6.01. The predicted molar refractivity (Wildman–Crippen MR) is 137 cm³/mol. The summed E-state index contributed by atoms with van der Waals surface area (Å²) in [6.45, 7) is 3.90. The van der Waals surface area contributed by atoms with Crippen molar-refractivity contribution in [3.63, 3.8) is 0 Å². The molecule has 0 bridgehead atoms. The number of hydrogen-bond acceptors (Lipinski definition) is 3. The number of rotatable bonds is 3. The van der Waals surface area contributed by atoms with Gasteiger partial charge in [-0.25, -0.2) is 0 Å². The second kappa shape index (κ2) is 9.11. The molecule has 2 atom stereocenters. The number of hydrogen-bond donors (Lipinski definition) is 1. The highest BCUT2D eigenvalue weighted by molar-refractivity contribution is 6.30. The Morgan fingerprint density at radius 1 is 1.00 bits per heavy atom. The Morgan fingerprint density at radius 2 is 1.76 bits per heavy atom. The number of carbonyl (C=O) groups excluding carboxylic acids is 2. The van der Waals surface area contributed by atoms with Gasteiger partial charge in [-0.2, -0.15) is 0 Å². The van der Waals surface area contributed by atoms with E-state index in [2.05, 4.69) is 5.32 Å². The third kappa shape index (κ3) is 4.03. The first-order chi connectivity index (χ1) is 16.5. The topological polar surface area (TPSA) is 49.4 Å². The molecule has 1 N–H and O–H groups in total. The summed E-state index contributed by atoms with van der Waals surface area (Å²) < 4.78 is 0. The molecule has 1 aliphatic heterocycles. The lowest BCUT2D eigenvalue weighted by atomic mass is 9.78. The van der Waals surface area contributed by atoms with Crippen LogP contribution in [0.15, 0.2) is 84.1 Å².